The van der Waals surface area contributed by atoms with Crippen LogP contribution in [0.15, 0.2) is 47.8 Å². The number of thiophene rings is 1. The lowest BCUT2D eigenvalue weighted by Gasteiger charge is -2.36. The molecule has 3 aromatic rings. The van der Waals surface area contributed by atoms with Gasteiger partial charge < -0.3 is 14.5 Å². The van der Waals surface area contributed by atoms with Gasteiger partial charge in [-0.2, -0.15) is 0 Å². The second kappa shape index (κ2) is 12.1. The number of amides is 1. The van der Waals surface area contributed by atoms with Crippen molar-refractivity contribution in [2.45, 2.75) is 19.8 Å². The van der Waals surface area contributed by atoms with Gasteiger partial charge in [-0.1, -0.05) is 12.1 Å². The van der Waals surface area contributed by atoms with Crippen molar-refractivity contribution < 1.29 is 9.53 Å². The van der Waals surface area contributed by atoms with Crippen LogP contribution in [0.1, 0.15) is 29.3 Å². The summed E-state index contributed by atoms with van der Waals surface area (Å²) in [5, 5.41) is 3.56. The number of fused-ring (bicyclic) bond motifs is 2. The number of halogens is 2. The van der Waals surface area contributed by atoms with Crippen molar-refractivity contribution in [2.75, 3.05) is 57.3 Å². The average Bonchev–Trinajstić information content (AvgIpc) is 3.32. The topological polar surface area (TPSA) is 36.0 Å². The molecule has 0 saturated carbocycles. The molecule has 5 nitrogen and oxygen atoms in total. The third-order valence-corrected chi connectivity index (χ3v) is 7.59. The van der Waals surface area contributed by atoms with Gasteiger partial charge in [-0.25, -0.2) is 0 Å². The van der Waals surface area contributed by atoms with E-state index in [4.69, 9.17) is 4.74 Å². The fraction of sp³-hybridized carbons (Fsp3) is 0.423. The molecule has 3 heterocycles. The maximum absolute atomic E-state index is 12.6. The van der Waals surface area contributed by atoms with E-state index in [9.17, 15) is 4.79 Å². The molecule has 0 unspecified atom stereocenters. The molecule has 0 N–H and O–H groups in total. The van der Waals surface area contributed by atoms with Crippen LogP contribution in [0.2, 0.25) is 0 Å². The van der Waals surface area contributed by atoms with Crippen LogP contribution in [0.5, 0.6) is 5.75 Å². The van der Waals surface area contributed by atoms with Gasteiger partial charge in [-0.05, 0) is 61.0 Å². The van der Waals surface area contributed by atoms with Crippen molar-refractivity contribution >= 4 is 57.8 Å². The Bertz CT molecular complexity index is 1100. The lowest BCUT2D eigenvalue weighted by Crippen LogP contribution is -2.46. The summed E-state index contributed by atoms with van der Waals surface area (Å²) in [6, 6.07) is 14.9. The van der Waals surface area contributed by atoms with E-state index in [0.29, 0.717) is 6.61 Å². The van der Waals surface area contributed by atoms with Gasteiger partial charge in [0, 0.05) is 67.2 Å². The highest BCUT2D eigenvalue weighted by Gasteiger charge is 2.23. The number of anilines is 1. The quantitative estimate of drug-likeness (QED) is 0.392. The van der Waals surface area contributed by atoms with E-state index in [1.807, 2.05) is 35.3 Å². The molecule has 0 spiro atoms. The summed E-state index contributed by atoms with van der Waals surface area (Å²) < 4.78 is 7.37. The first-order valence-corrected chi connectivity index (χ1v) is 12.6. The standard InChI is InChI=1S/C26H31N3O2S.2ClH/c1-2-28-12-9-20-7-8-21(19-23(20)26(28)30)31-17-4-11-27-13-15-29(16-14-27)24-5-3-6-25-22(24)10-18-32-25;;/h3,5-8,10,18-19H,2,4,9,11-17H2,1H3;2*1H. The summed E-state index contributed by atoms with van der Waals surface area (Å²) in [6.07, 6.45) is 1.92. The minimum absolute atomic E-state index is 0. The molecule has 2 aromatic carbocycles. The number of rotatable bonds is 7. The first-order valence-electron chi connectivity index (χ1n) is 11.7. The molecule has 1 fully saturated rings. The molecular weight excluding hydrogens is 489 g/mol. The second-order valence-corrected chi connectivity index (χ2v) is 9.54. The first-order chi connectivity index (χ1) is 15.7. The number of ether oxygens (including phenoxy) is 1. The van der Waals surface area contributed by atoms with E-state index >= 15 is 0 Å². The van der Waals surface area contributed by atoms with E-state index in [1.165, 1.54) is 15.8 Å². The summed E-state index contributed by atoms with van der Waals surface area (Å²) in [5.41, 5.74) is 3.32. The molecule has 34 heavy (non-hydrogen) atoms. The SMILES string of the molecule is CCN1CCc2ccc(OCCCN3CCN(c4cccc5sccc45)CC3)cc2C1=O.Cl.Cl. The van der Waals surface area contributed by atoms with E-state index in [-0.39, 0.29) is 30.7 Å². The normalized spacial score (nSPS) is 16.1. The Morgan fingerprint density at radius 2 is 1.82 bits per heavy atom. The van der Waals surface area contributed by atoms with E-state index < -0.39 is 0 Å². The van der Waals surface area contributed by atoms with Crippen LogP contribution in [-0.4, -0.2) is 68.1 Å². The molecule has 0 atom stereocenters. The summed E-state index contributed by atoms with van der Waals surface area (Å²) in [4.78, 5) is 19.5. The second-order valence-electron chi connectivity index (χ2n) is 8.59. The molecule has 1 saturated heterocycles. The highest BCUT2D eigenvalue weighted by Crippen LogP contribution is 2.31. The lowest BCUT2D eigenvalue weighted by molar-refractivity contribution is 0.0748. The smallest absolute Gasteiger partial charge is 0.254 e. The highest BCUT2D eigenvalue weighted by atomic mass is 35.5. The minimum atomic E-state index is 0. The lowest BCUT2D eigenvalue weighted by atomic mass is 9.99. The molecule has 2 aliphatic heterocycles. The fourth-order valence-electron chi connectivity index (χ4n) is 4.84. The van der Waals surface area contributed by atoms with Crippen LogP contribution < -0.4 is 9.64 Å². The molecular formula is C26H33Cl2N3O2S. The third-order valence-electron chi connectivity index (χ3n) is 6.70. The van der Waals surface area contributed by atoms with Crippen molar-refractivity contribution in [3.8, 4) is 5.75 Å². The van der Waals surface area contributed by atoms with Crippen LogP contribution in [0.25, 0.3) is 10.1 Å². The molecule has 8 heteroatoms. The number of hydrogen-bond donors (Lipinski definition) is 0. The number of nitrogens with zero attached hydrogens (tertiary/aromatic N) is 3. The molecule has 0 bridgehead atoms. The highest BCUT2D eigenvalue weighted by molar-refractivity contribution is 7.17. The van der Waals surface area contributed by atoms with E-state index in [1.54, 1.807) is 0 Å². The van der Waals surface area contributed by atoms with Gasteiger partial charge in [-0.15, -0.1) is 36.2 Å². The zero-order valence-electron chi connectivity index (χ0n) is 19.6. The molecule has 1 amide bonds. The van der Waals surface area contributed by atoms with Gasteiger partial charge >= 0.3 is 0 Å². The van der Waals surface area contributed by atoms with Crippen molar-refractivity contribution in [1.29, 1.82) is 0 Å². The zero-order valence-corrected chi connectivity index (χ0v) is 22.0. The van der Waals surface area contributed by atoms with Gasteiger partial charge in [0.25, 0.3) is 5.91 Å². The Balaban J connectivity index is 0.00000162. The predicted molar refractivity (Wildman–Crippen MR) is 147 cm³/mol. The Morgan fingerprint density at radius 1 is 1.00 bits per heavy atom. The third kappa shape index (κ3) is 5.62. The van der Waals surface area contributed by atoms with Gasteiger partial charge in [0.15, 0.2) is 0 Å². The van der Waals surface area contributed by atoms with Crippen LogP contribution in [-0.2, 0) is 6.42 Å². The first kappa shape index (κ1) is 26.6. The average molecular weight is 523 g/mol. The monoisotopic (exact) mass is 521 g/mol. The summed E-state index contributed by atoms with van der Waals surface area (Å²) in [7, 11) is 0. The molecule has 0 aliphatic carbocycles. The van der Waals surface area contributed by atoms with Gasteiger partial charge in [0.05, 0.1) is 6.61 Å². The number of carbonyl (C=O) groups excluding carboxylic acids is 1. The van der Waals surface area contributed by atoms with Crippen LogP contribution in [0.3, 0.4) is 0 Å². The van der Waals surface area contributed by atoms with Gasteiger partial charge in [-0.3, -0.25) is 9.69 Å². The molecule has 5 rings (SSSR count). The molecule has 0 radical (unpaired) electrons. The van der Waals surface area contributed by atoms with E-state index in [2.05, 4.69) is 45.5 Å². The van der Waals surface area contributed by atoms with E-state index in [0.717, 1.165) is 75.5 Å². The maximum atomic E-state index is 12.6. The van der Waals surface area contributed by atoms with Crippen molar-refractivity contribution in [2.24, 2.45) is 0 Å². The summed E-state index contributed by atoms with van der Waals surface area (Å²) in [6.45, 7) is 9.64. The number of piperazine rings is 1. The number of hydrogen-bond acceptors (Lipinski definition) is 5. The summed E-state index contributed by atoms with van der Waals surface area (Å²) >= 11 is 1.81. The molecule has 2 aliphatic rings. The summed E-state index contributed by atoms with van der Waals surface area (Å²) in [5.74, 6) is 0.943. The van der Waals surface area contributed by atoms with Crippen molar-refractivity contribution in [3.63, 3.8) is 0 Å². The largest absolute Gasteiger partial charge is 0.494 e. The Hall–Kier alpha value is -1.99. The number of carbonyl (C=O) groups is 1. The van der Waals surface area contributed by atoms with Crippen LogP contribution >= 0.6 is 36.2 Å². The van der Waals surface area contributed by atoms with Gasteiger partial charge in [0.1, 0.15) is 5.75 Å². The predicted octanol–water partition coefficient (Wildman–Crippen LogP) is 5.35. The fourth-order valence-corrected chi connectivity index (χ4v) is 5.64. The maximum Gasteiger partial charge on any atom is 0.254 e. The number of benzene rings is 2. The van der Waals surface area contributed by atoms with Gasteiger partial charge in [0.2, 0.25) is 0 Å². The Kier molecular flexibility index (Phi) is 9.48. The molecule has 184 valence electrons. The number of likely N-dealkylation sites (N-methyl/N-ethyl adjacent to an activating group) is 1. The molecule has 1 aromatic heterocycles. The van der Waals surface area contributed by atoms with Crippen LogP contribution in [0, 0.1) is 0 Å². The Labute approximate surface area is 218 Å². The Morgan fingerprint density at radius 3 is 2.62 bits per heavy atom. The van der Waals surface area contributed by atoms with Crippen molar-refractivity contribution in [1.82, 2.24) is 9.80 Å². The van der Waals surface area contributed by atoms with Crippen molar-refractivity contribution in [3.05, 3.63) is 59.0 Å². The minimum Gasteiger partial charge on any atom is -0.494 e. The van der Waals surface area contributed by atoms with Crippen LogP contribution in [0.4, 0.5) is 5.69 Å². The zero-order chi connectivity index (χ0) is 21.9.